The Kier molecular flexibility index (Phi) is 4.72. The van der Waals surface area contributed by atoms with Crippen LogP contribution < -0.4 is 5.32 Å². The van der Waals surface area contributed by atoms with Gasteiger partial charge in [-0.15, -0.1) is 0 Å². The summed E-state index contributed by atoms with van der Waals surface area (Å²) in [5, 5.41) is 3.36. The van der Waals surface area contributed by atoms with Gasteiger partial charge in [-0.3, -0.25) is 4.90 Å². The van der Waals surface area contributed by atoms with Crippen LogP contribution in [0, 0.1) is 0 Å². The average molecular weight is 289 g/mol. The van der Waals surface area contributed by atoms with Crippen LogP contribution in [-0.2, 0) is 11.3 Å². The summed E-state index contributed by atoms with van der Waals surface area (Å²) < 4.78 is 5.40. The van der Waals surface area contributed by atoms with Gasteiger partial charge in [0.05, 0.1) is 0 Å². The zero-order chi connectivity index (χ0) is 14.5. The van der Waals surface area contributed by atoms with Crippen molar-refractivity contribution in [2.45, 2.75) is 19.1 Å². The quantitative estimate of drug-likeness (QED) is 0.911. The normalized spacial score (nSPS) is 23.2. The molecule has 1 N–H and O–H groups in total. The molecule has 0 aliphatic carbocycles. The van der Waals surface area contributed by atoms with E-state index in [0.29, 0.717) is 12.6 Å². The molecular weight excluding hydrogens is 266 g/mol. The molecule has 0 spiro atoms. The topological polar surface area (TPSA) is 44.8 Å². The van der Waals surface area contributed by atoms with Crippen molar-refractivity contribution < 1.29 is 9.53 Å². The summed E-state index contributed by atoms with van der Waals surface area (Å²) in [5.41, 5.74) is 1.03. The number of carbonyl (C=O) groups is 1. The highest BCUT2D eigenvalue weighted by molar-refractivity contribution is 5.68. The highest BCUT2D eigenvalue weighted by Gasteiger charge is 2.31. The number of ether oxygens (including phenoxy) is 1. The number of rotatable bonds is 3. The van der Waals surface area contributed by atoms with Crippen molar-refractivity contribution in [3.8, 4) is 0 Å². The van der Waals surface area contributed by atoms with Crippen molar-refractivity contribution in [3.05, 3.63) is 35.9 Å². The predicted octanol–water partition coefficient (Wildman–Crippen LogP) is 1.30. The predicted molar refractivity (Wildman–Crippen MR) is 81.0 cm³/mol. The van der Waals surface area contributed by atoms with Gasteiger partial charge in [0.25, 0.3) is 0 Å². The maximum absolute atomic E-state index is 12.1. The second-order valence-corrected chi connectivity index (χ2v) is 5.71. The first-order chi connectivity index (χ1) is 10.3. The zero-order valence-corrected chi connectivity index (χ0v) is 12.3. The average Bonchev–Trinajstić information content (AvgIpc) is 3.04. The molecule has 0 saturated carbocycles. The van der Waals surface area contributed by atoms with Crippen LogP contribution in [-0.4, -0.2) is 61.2 Å². The van der Waals surface area contributed by atoms with Crippen LogP contribution in [0.25, 0.3) is 0 Å². The molecule has 2 heterocycles. The fourth-order valence-corrected chi connectivity index (χ4v) is 3.06. The van der Waals surface area contributed by atoms with Gasteiger partial charge in [0.1, 0.15) is 6.61 Å². The van der Waals surface area contributed by atoms with Crippen LogP contribution in [0.3, 0.4) is 0 Å². The Morgan fingerprint density at radius 3 is 2.71 bits per heavy atom. The molecule has 2 fully saturated rings. The molecule has 0 bridgehead atoms. The molecule has 21 heavy (non-hydrogen) atoms. The van der Waals surface area contributed by atoms with E-state index < -0.39 is 0 Å². The lowest BCUT2D eigenvalue weighted by atomic mass is 10.2. The Morgan fingerprint density at radius 2 is 1.95 bits per heavy atom. The summed E-state index contributed by atoms with van der Waals surface area (Å²) in [7, 11) is 0. The maximum Gasteiger partial charge on any atom is 0.410 e. The highest BCUT2D eigenvalue weighted by Crippen LogP contribution is 2.17. The summed E-state index contributed by atoms with van der Waals surface area (Å²) in [6, 6.07) is 10.3. The van der Waals surface area contributed by atoms with Crippen LogP contribution in [0.15, 0.2) is 30.3 Å². The van der Waals surface area contributed by atoms with Gasteiger partial charge in [0.2, 0.25) is 0 Å². The van der Waals surface area contributed by atoms with Gasteiger partial charge in [-0.2, -0.15) is 0 Å². The monoisotopic (exact) mass is 289 g/mol. The Hall–Kier alpha value is -1.59. The third-order valence-corrected chi connectivity index (χ3v) is 4.29. The third kappa shape index (κ3) is 3.74. The van der Waals surface area contributed by atoms with E-state index in [1.54, 1.807) is 0 Å². The SMILES string of the molecule is O=C(OCc1ccccc1)N1CCC(N2CCNCC2)C1. The van der Waals surface area contributed by atoms with E-state index >= 15 is 0 Å². The van der Waals surface area contributed by atoms with E-state index in [-0.39, 0.29) is 6.09 Å². The van der Waals surface area contributed by atoms with Crippen LogP contribution in [0.5, 0.6) is 0 Å². The van der Waals surface area contributed by atoms with Crippen molar-refractivity contribution in [2.24, 2.45) is 0 Å². The molecule has 1 amide bonds. The smallest absolute Gasteiger partial charge is 0.410 e. The number of nitrogens with one attached hydrogen (secondary N) is 1. The molecule has 0 radical (unpaired) electrons. The molecule has 1 atom stereocenters. The lowest BCUT2D eigenvalue weighted by Crippen LogP contribution is -2.49. The Morgan fingerprint density at radius 1 is 1.19 bits per heavy atom. The fourth-order valence-electron chi connectivity index (χ4n) is 3.06. The first-order valence-electron chi connectivity index (χ1n) is 7.73. The van der Waals surface area contributed by atoms with Gasteiger partial charge < -0.3 is 15.0 Å². The first-order valence-corrected chi connectivity index (χ1v) is 7.73. The van der Waals surface area contributed by atoms with E-state index in [4.69, 9.17) is 4.74 Å². The number of nitrogens with zero attached hydrogens (tertiary/aromatic N) is 2. The molecule has 2 saturated heterocycles. The zero-order valence-electron chi connectivity index (χ0n) is 12.3. The van der Waals surface area contributed by atoms with Gasteiger partial charge in [-0.1, -0.05) is 30.3 Å². The van der Waals surface area contributed by atoms with Crippen LogP contribution in [0.1, 0.15) is 12.0 Å². The van der Waals surface area contributed by atoms with Crippen LogP contribution >= 0.6 is 0 Å². The molecule has 2 aliphatic heterocycles. The molecule has 1 unspecified atom stereocenters. The van der Waals surface area contributed by atoms with E-state index in [1.165, 1.54) is 0 Å². The summed E-state index contributed by atoms with van der Waals surface area (Å²) in [6.07, 6.45) is 0.872. The molecule has 2 aliphatic rings. The van der Waals surface area contributed by atoms with E-state index in [9.17, 15) is 4.79 Å². The minimum absolute atomic E-state index is 0.184. The minimum atomic E-state index is -0.184. The van der Waals surface area contributed by atoms with Crippen molar-refractivity contribution >= 4 is 6.09 Å². The van der Waals surface area contributed by atoms with E-state index in [2.05, 4.69) is 10.2 Å². The van der Waals surface area contributed by atoms with Crippen molar-refractivity contribution in [1.82, 2.24) is 15.1 Å². The Balaban J connectivity index is 1.45. The molecule has 3 rings (SSSR count). The number of benzene rings is 1. The maximum atomic E-state index is 12.1. The summed E-state index contributed by atoms with van der Waals surface area (Å²) in [6.45, 7) is 6.23. The van der Waals surface area contributed by atoms with Gasteiger partial charge in [-0.05, 0) is 12.0 Å². The van der Waals surface area contributed by atoms with Crippen molar-refractivity contribution in [3.63, 3.8) is 0 Å². The first kappa shape index (κ1) is 14.4. The molecule has 5 heteroatoms. The van der Waals surface area contributed by atoms with Crippen molar-refractivity contribution in [1.29, 1.82) is 0 Å². The van der Waals surface area contributed by atoms with Crippen LogP contribution in [0.2, 0.25) is 0 Å². The number of hydrogen-bond acceptors (Lipinski definition) is 4. The third-order valence-electron chi connectivity index (χ3n) is 4.29. The Bertz CT molecular complexity index is 460. The summed E-state index contributed by atoms with van der Waals surface area (Å²) in [5.74, 6) is 0. The fraction of sp³-hybridized carbons (Fsp3) is 0.562. The van der Waals surface area contributed by atoms with Gasteiger partial charge in [-0.25, -0.2) is 4.79 Å². The number of piperazine rings is 1. The van der Waals surface area contributed by atoms with Gasteiger partial charge in [0.15, 0.2) is 0 Å². The lowest BCUT2D eigenvalue weighted by Gasteiger charge is -2.32. The molecule has 5 nitrogen and oxygen atoms in total. The van der Waals surface area contributed by atoms with E-state index in [1.807, 2.05) is 35.2 Å². The molecule has 0 aromatic heterocycles. The number of likely N-dealkylation sites (tertiary alicyclic amines) is 1. The largest absolute Gasteiger partial charge is 0.445 e. The lowest BCUT2D eigenvalue weighted by molar-refractivity contribution is 0.0990. The number of carbonyl (C=O) groups excluding carboxylic acids is 1. The molecule has 1 aromatic rings. The van der Waals surface area contributed by atoms with Crippen LogP contribution in [0.4, 0.5) is 4.79 Å². The second kappa shape index (κ2) is 6.91. The molecule has 114 valence electrons. The standard InChI is InChI=1S/C16H23N3O2/c20-16(21-13-14-4-2-1-3-5-14)19-9-6-15(12-19)18-10-7-17-8-11-18/h1-5,15,17H,6-13H2. The van der Waals surface area contributed by atoms with Crippen molar-refractivity contribution in [2.75, 3.05) is 39.3 Å². The minimum Gasteiger partial charge on any atom is -0.445 e. The highest BCUT2D eigenvalue weighted by atomic mass is 16.6. The molecular formula is C16H23N3O2. The number of amides is 1. The van der Waals surface area contributed by atoms with Gasteiger partial charge in [0, 0.05) is 45.3 Å². The molecule has 1 aromatic carbocycles. The Labute approximate surface area is 125 Å². The van der Waals surface area contributed by atoms with E-state index in [0.717, 1.165) is 51.3 Å². The summed E-state index contributed by atoms with van der Waals surface area (Å²) >= 11 is 0. The summed E-state index contributed by atoms with van der Waals surface area (Å²) in [4.78, 5) is 16.4. The number of hydrogen-bond donors (Lipinski definition) is 1. The van der Waals surface area contributed by atoms with Gasteiger partial charge >= 0.3 is 6.09 Å². The second-order valence-electron chi connectivity index (χ2n) is 5.71.